The third kappa shape index (κ3) is 4.25. The number of halogens is 2. The summed E-state index contributed by atoms with van der Waals surface area (Å²) in [5.41, 5.74) is -0.533. The molecule has 1 heterocycles. The summed E-state index contributed by atoms with van der Waals surface area (Å²) < 4.78 is 28.3. The number of benzene rings is 1. The van der Waals surface area contributed by atoms with Crippen molar-refractivity contribution in [3.8, 4) is 0 Å². The number of nitrogens with one attached hydrogen (secondary N) is 1. The Hall–Kier alpha value is -2.03. The average molecular weight is 341 g/mol. The molecule has 6 nitrogen and oxygen atoms in total. The van der Waals surface area contributed by atoms with Crippen LogP contribution in [0.1, 0.15) is 27.7 Å². The molecule has 0 aliphatic carbocycles. The summed E-state index contributed by atoms with van der Waals surface area (Å²) in [6, 6.07) is 2.88. The van der Waals surface area contributed by atoms with Crippen LogP contribution < -0.4 is 5.32 Å². The topological polar surface area (TPSA) is 72.7 Å². The van der Waals surface area contributed by atoms with Gasteiger partial charge >= 0.3 is 0 Å². The van der Waals surface area contributed by atoms with Gasteiger partial charge in [0, 0.05) is 6.07 Å². The molecule has 1 unspecified atom stereocenters. The Balaban J connectivity index is 2.09. The molecule has 0 aliphatic rings. The van der Waals surface area contributed by atoms with Gasteiger partial charge in [-0.2, -0.15) is 0 Å². The predicted octanol–water partition coefficient (Wildman–Crippen LogP) is 2.83. The lowest BCUT2D eigenvalue weighted by Gasteiger charge is -2.20. The molecule has 124 valence electrons. The second-order valence-electron chi connectivity index (χ2n) is 5.92. The van der Waals surface area contributed by atoms with Crippen molar-refractivity contribution >= 4 is 23.4 Å². The molecule has 0 fully saturated rings. The number of hydrogen-bond acceptors (Lipinski definition) is 5. The minimum absolute atomic E-state index is 0.196. The number of tetrazole rings is 1. The van der Waals surface area contributed by atoms with Gasteiger partial charge in [-0.15, -0.1) is 5.10 Å². The molecule has 1 aromatic carbocycles. The minimum atomic E-state index is -0.698. The molecule has 9 heteroatoms. The Bertz CT molecular complexity index is 713. The SMILES string of the molecule is CC(Sc1nnnn1C(C)(C)C)C(=O)Nc1cc(F)ccc1F. The van der Waals surface area contributed by atoms with Crippen molar-refractivity contribution in [1.82, 2.24) is 20.2 Å². The van der Waals surface area contributed by atoms with Crippen LogP contribution in [-0.4, -0.2) is 31.4 Å². The number of nitrogens with zero attached hydrogens (tertiary/aromatic N) is 4. The number of amides is 1. The number of carbonyl (C=O) groups excluding carboxylic acids is 1. The van der Waals surface area contributed by atoms with Crippen molar-refractivity contribution in [2.45, 2.75) is 43.6 Å². The van der Waals surface area contributed by atoms with Crippen molar-refractivity contribution < 1.29 is 13.6 Å². The molecule has 2 rings (SSSR count). The fourth-order valence-corrected chi connectivity index (χ4v) is 2.69. The zero-order chi connectivity index (χ0) is 17.2. The smallest absolute Gasteiger partial charge is 0.237 e. The maximum absolute atomic E-state index is 13.6. The summed E-state index contributed by atoms with van der Waals surface area (Å²) in [6.07, 6.45) is 0. The molecule has 0 radical (unpaired) electrons. The lowest BCUT2D eigenvalue weighted by atomic mass is 10.1. The van der Waals surface area contributed by atoms with Crippen LogP contribution in [0.4, 0.5) is 14.5 Å². The molecule has 1 amide bonds. The van der Waals surface area contributed by atoms with Crippen LogP contribution in [-0.2, 0) is 10.3 Å². The van der Waals surface area contributed by atoms with E-state index in [1.807, 2.05) is 20.8 Å². The van der Waals surface area contributed by atoms with E-state index < -0.39 is 22.8 Å². The Kier molecular flexibility index (Phi) is 4.98. The Morgan fingerprint density at radius 3 is 2.70 bits per heavy atom. The maximum Gasteiger partial charge on any atom is 0.237 e. The zero-order valence-corrected chi connectivity index (χ0v) is 14.0. The standard InChI is InChI=1S/C14H17F2N5OS/c1-8(23-13-18-19-20-21(13)14(2,3)4)12(22)17-11-7-9(15)5-6-10(11)16/h5-8H,1-4H3,(H,17,22). The summed E-state index contributed by atoms with van der Waals surface area (Å²) in [6.45, 7) is 7.43. The van der Waals surface area contributed by atoms with Crippen LogP contribution in [0.3, 0.4) is 0 Å². The summed E-state index contributed by atoms with van der Waals surface area (Å²) in [5.74, 6) is -1.79. The first-order chi connectivity index (χ1) is 10.7. The predicted molar refractivity (Wildman–Crippen MR) is 83.1 cm³/mol. The lowest BCUT2D eigenvalue weighted by molar-refractivity contribution is -0.115. The summed E-state index contributed by atoms with van der Waals surface area (Å²) >= 11 is 1.14. The maximum atomic E-state index is 13.6. The fourth-order valence-electron chi connectivity index (χ4n) is 1.71. The molecule has 0 saturated heterocycles. The molecule has 1 aromatic heterocycles. The van der Waals surface area contributed by atoms with E-state index in [1.54, 1.807) is 11.6 Å². The largest absolute Gasteiger partial charge is 0.323 e. The van der Waals surface area contributed by atoms with Crippen molar-refractivity contribution in [3.05, 3.63) is 29.8 Å². The molecular weight excluding hydrogens is 324 g/mol. The van der Waals surface area contributed by atoms with Crippen LogP contribution >= 0.6 is 11.8 Å². The van der Waals surface area contributed by atoms with Gasteiger partial charge in [0.1, 0.15) is 11.6 Å². The van der Waals surface area contributed by atoms with Gasteiger partial charge in [0.2, 0.25) is 11.1 Å². The Morgan fingerprint density at radius 2 is 2.04 bits per heavy atom. The van der Waals surface area contributed by atoms with Crippen LogP contribution in [0.2, 0.25) is 0 Å². The minimum Gasteiger partial charge on any atom is -0.323 e. The normalized spacial score (nSPS) is 13.0. The van der Waals surface area contributed by atoms with Gasteiger partial charge in [-0.1, -0.05) is 11.8 Å². The van der Waals surface area contributed by atoms with Crippen molar-refractivity contribution in [2.24, 2.45) is 0 Å². The number of hydrogen-bond donors (Lipinski definition) is 1. The Morgan fingerprint density at radius 1 is 1.35 bits per heavy atom. The van der Waals surface area contributed by atoms with Gasteiger partial charge in [0.25, 0.3) is 0 Å². The fraction of sp³-hybridized carbons (Fsp3) is 0.429. The van der Waals surface area contributed by atoms with Gasteiger partial charge in [-0.05, 0) is 50.3 Å². The summed E-state index contributed by atoms with van der Waals surface area (Å²) in [7, 11) is 0. The van der Waals surface area contributed by atoms with Gasteiger partial charge < -0.3 is 5.32 Å². The van der Waals surface area contributed by atoms with Crippen LogP contribution in [0.25, 0.3) is 0 Å². The van der Waals surface area contributed by atoms with Crippen molar-refractivity contribution in [1.29, 1.82) is 0 Å². The first kappa shape index (κ1) is 17.3. The lowest BCUT2D eigenvalue weighted by Crippen LogP contribution is -2.27. The highest BCUT2D eigenvalue weighted by atomic mass is 32.2. The van der Waals surface area contributed by atoms with Crippen LogP contribution in [0, 0.1) is 11.6 Å². The molecule has 0 bridgehead atoms. The Labute approximate surface area is 136 Å². The van der Waals surface area contributed by atoms with Crippen LogP contribution in [0.15, 0.2) is 23.4 Å². The quantitative estimate of drug-likeness (QED) is 0.866. The van der Waals surface area contributed by atoms with E-state index in [9.17, 15) is 13.6 Å². The highest BCUT2D eigenvalue weighted by Crippen LogP contribution is 2.26. The number of thioether (sulfide) groups is 1. The zero-order valence-electron chi connectivity index (χ0n) is 13.2. The first-order valence-electron chi connectivity index (χ1n) is 6.90. The average Bonchev–Trinajstić information content (AvgIpc) is 2.91. The molecule has 0 aliphatic heterocycles. The highest BCUT2D eigenvalue weighted by molar-refractivity contribution is 8.00. The second kappa shape index (κ2) is 6.61. The highest BCUT2D eigenvalue weighted by Gasteiger charge is 2.24. The molecule has 0 spiro atoms. The molecule has 1 atom stereocenters. The van der Waals surface area contributed by atoms with Crippen LogP contribution in [0.5, 0.6) is 0 Å². The van der Waals surface area contributed by atoms with Gasteiger partial charge in [0.05, 0.1) is 16.5 Å². The van der Waals surface area contributed by atoms with Gasteiger partial charge in [0.15, 0.2) is 0 Å². The second-order valence-corrected chi connectivity index (χ2v) is 7.23. The molecular formula is C14H17F2N5OS. The van der Waals surface area contributed by atoms with Gasteiger partial charge in [-0.3, -0.25) is 4.79 Å². The monoisotopic (exact) mass is 341 g/mol. The van der Waals surface area contributed by atoms with E-state index >= 15 is 0 Å². The van der Waals surface area contributed by atoms with Crippen molar-refractivity contribution in [2.75, 3.05) is 5.32 Å². The molecule has 23 heavy (non-hydrogen) atoms. The first-order valence-corrected chi connectivity index (χ1v) is 7.78. The number of aromatic nitrogens is 4. The number of rotatable bonds is 4. The molecule has 1 N–H and O–H groups in total. The van der Waals surface area contributed by atoms with Gasteiger partial charge in [-0.25, -0.2) is 13.5 Å². The van der Waals surface area contributed by atoms with E-state index in [0.717, 1.165) is 30.0 Å². The van der Waals surface area contributed by atoms with E-state index in [4.69, 9.17) is 0 Å². The van der Waals surface area contributed by atoms with E-state index in [-0.39, 0.29) is 11.2 Å². The van der Waals surface area contributed by atoms with E-state index in [1.165, 1.54) is 0 Å². The number of carbonyl (C=O) groups is 1. The van der Waals surface area contributed by atoms with Crippen molar-refractivity contribution in [3.63, 3.8) is 0 Å². The summed E-state index contributed by atoms with van der Waals surface area (Å²) in [5, 5.41) is 13.7. The third-order valence-corrected chi connectivity index (χ3v) is 3.95. The number of anilines is 1. The molecule has 0 saturated carbocycles. The van der Waals surface area contributed by atoms with E-state index in [0.29, 0.717) is 5.16 Å². The third-order valence-electron chi connectivity index (χ3n) is 2.91. The summed E-state index contributed by atoms with van der Waals surface area (Å²) in [4.78, 5) is 12.2. The van der Waals surface area contributed by atoms with E-state index in [2.05, 4.69) is 20.8 Å². The molecule has 2 aromatic rings.